The Labute approximate surface area is 136 Å². The summed E-state index contributed by atoms with van der Waals surface area (Å²) in [6, 6.07) is 10.5. The van der Waals surface area contributed by atoms with Crippen molar-refractivity contribution < 1.29 is 14.3 Å². The van der Waals surface area contributed by atoms with E-state index >= 15 is 0 Å². The van der Waals surface area contributed by atoms with Gasteiger partial charge in [-0.25, -0.2) is 0 Å². The van der Waals surface area contributed by atoms with E-state index in [2.05, 4.69) is 0 Å². The molecule has 1 aromatic carbocycles. The summed E-state index contributed by atoms with van der Waals surface area (Å²) in [4.78, 5) is 37.5. The molecule has 1 aliphatic rings. The summed E-state index contributed by atoms with van der Waals surface area (Å²) in [6.45, 7) is 1.95. The van der Waals surface area contributed by atoms with Crippen molar-refractivity contribution in [1.29, 1.82) is 0 Å². The maximum atomic E-state index is 12.8. The number of benzene rings is 1. The van der Waals surface area contributed by atoms with Crippen LogP contribution in [0.5, 0.6) is 0 Å². The number of hydrogen-bond acceptors (Lipinski definition) is 4. The fraction of sp³-hybridized carbons (Fsp3) is 0.167. The number of ether oxygens (including phenoxy) is 1. The Bertz CT molecular complexity index is 1060. The molecule has 0 aliphatic carbocycles. The van der Waals surface area contributed by atoms with Gasteiger partial charge in [-0.15, -0.1) is 0 Å². The van der Waals surface area contributed by atoms with Gasteiger partial charge in [-0.3, -0.25) is 19.0 Å². The molecule has 0 saturated heterocycles. The molecule has 0 saturated carbocycles. The minimum Gasteiger partial charge on any atom is -0.465 e. The van der Waals surface area contributed by atoms with Crippen molar-refractivity contribution in [2.75, 3.05) is 6.61 Å². The van der Waals surface area contributed by atoms with Gasteiger partial charge in [0.1, 0.15) is 12.1 Å². The summed E-state index contributed by atoms with van der Waals surface area (Å²) in [5.41, 5.74) is 1.49. The molecule has 2 aromatic heterocycles. The summed E-state index contributed by atoms with van der Waals surface area (Å²) in [5, 5.41) is 0.416. The number of pyridine rings is 1. The highest BCUT2D eigenvalue weighted by Crippen LogP contribution is 2.32. The first-order valence-electron chi connectivity index (χ1n) is 7.67. The smallest absolute Gasteiger partial charge is 0.325 e. The van der Waals surface area contributed by atoms with Crippen molar-refractivity contribution in [1.82, 2.24) is 9.13 Å². The average molecular weight is 322 g/mol. The van der Waals surface area contributed by atoms with Gasteiger partial charge in [-0.1, -0.05) is 12.1 Å². The van der Waals surface area contributed by atoms with E-state index in [1.165, 1.54) is 4.57 Å². The lowest BCUT2D eigenvalue weighted by atomic mass is 10.1. The van der Waals surface area contributed by atoms with Crippen LogP contribution in [0, 0.1) is 0 Å². The van der Waals surface area contributed by atoms with Crippen LogP contribution < -0.4 is 5.43 Å². The number of fused-ring (bicyclic) bond motifs is 4. The molecule has 3 heterocycles. The van der Waals surface area contributed by atoms with Crippen LogP contribution in [0.2, 0.25) is 0 Å². The van der Waals surface area contributed by atoms with E-state index < -0.39 is 5.97 Å². The molecule has 3 aromatic rings. The molecule has 0 amide bonds. The van der Waals surface area contributed by atoms with Crippen LogP contribution in [-0.2, 0) is 16.1 Å². The van der Waals surface area contributed by atoms with E-state index in [-0.39, 0.29) is 30.1 Å². The quantitative estimate of drug-likeness (QED) is 0.541. The second kappa shape index (κ2) is 5.19. The molecular formula is C18H14N2O4. The maximum absolute atomic E-state index is 12.8. The largest absolute Gasteiger partial charge is 0.465 e. The molecule has 0 radical (unpaired) electrons. The predicted molar refractivity (Wildman–Crippen MR) is 88.0 cm³/mol. The SMILES string of the molecule is CCOC(=O)Cn1c2c(c(=O)c3ccccc31)C(=O)n1cccc1-2. The van der Waals surface area contributed by atoms with Gasteiger partial charge in [0.2, 0.25) is 5.43 Å². The van der Waals surface area contributed by atoms with E-state index in [1.807, 2.05) is 0 Å². The van der Waals surface area contributed by atoms with Crippen LogP contribution in [0.1, 0.15) is 17.3 Å². The minimum absolute atomic E-state index is 0.0601. The van der Waals surface area contributed by atoms with E-state index in [0.717, 1.165) is 0 Å². The predicted octanol–water partition coefficient (Wildman–Crippen LogP) is 2.04. The summed E-state index contributed by atoms with van der Waals surface area (Å²) in [6.07, 6.45) is 1.62. The third-order valence-corrected chi connectivity index (χ3v) is 4.19. The van der Waals surface area contributed by atoms with Gasteiger partial charge in [0, 0.05) is 11.6 Å². The van der Waals surface area contributed by atoms with Crippen LogP contribution in [-0.4, -0.2) is 27.6 Å². The van der Waals surface area contributed by atoms with Crippen molar-refractivity contribution >= 4 is 22.8 Å². The molecule has 0 unspecified atom stereocenters. The third kappa shape index (κ3) is 1.86. The average Bonchev–Trinajstić information content (AvgIpc) is 3.15. The lowest BCUT2D eigenvalue weighted by Crippen LogP contribution is -2.22. The Morgan fingerprint density at radius 2 is 1.92 bits per heavy atom. The number of carbonyl (C=O) groups is 2. The number of carbonyl (C=O) groups excluding carboxylic acids is 2. The second-order valence-electron chi connectivity index (χ2n) is 5.53. The number of aromatic nitrogens is 2. The molecule has 6 nitrogen and oxygen atoms in total. The molecule has 0 atom stereocenters. The maximum Gasteiger partial charge on any atom is 0.325 e. The topological polar surface area (TPSA) is 70.3 Å². The Morgan fingerprint density at radius 3 is 2.71 bits per heavy atom. The highest BCUT2D eigenvalue weighted by molar-refractivity contribution is 6.10. The zero-order chi connectivity index (χ0) is 16.8. The highest BCUT2D eigenvalue weighted by Gasteiger charge is 2.33. The van der Waals surface area contributed by atoms with Crippen LogP contribution in [0.15, 0.2) is 47.4 Å². The van der Waals surface area contributed by atoms with Gasteiger partial charge in [0.25, 0.3) is 5.91 Å². The molecule has 24 heavy (non-hydrogen) atoms. The lowest BCUT2D eigenvalue weighted by Gasteiger charge is -2.15. The molecule has 0 bridgehead atoms. The monoisotopic (exact) mass is 322 g/mol. The zero-order valence-corrected chi connectivity index (χ0v) is 13.0. The van der Waals surface area contributed by atoms with Gasteiger partial charge in [-0.05, 0) is 31.2 Å². The van der Waals surface area contributed by atoms with Gasteiger partial charge in [-0.2, -0.15) is 0 Å². The fourth-order valence-electron chi connectivity index (χ4n) is 3.23. The van der Waals surface area contributed by atoms with Gasteiger partial charge in [0.15, 0.2) is 0 Å². The minimum atomic E-state index is -0.411. The molecule has 4 rings (SSSR count). The molecular weight excluding hydrogens is 308 g/mol. The Balaban J connectivity index is 2.09. The van der Waals surface area contributed by atoms with Crippen molar-refractivity contribution in [2.45, 2.75) is 13.5 Å². The van der Waals surface area contributed by atoms with E-state index in [0.29, 0.717) is 22.3 Å². The van der Waals surface area contributed by atoms with Gasteiger partial charge >= 0.3 is 5.97 Å². The van der Waals surface area contributed by atoms with Gasteiger partial charge < -0.3 is 9.30 Å². The summed E-state index contributed by atoms with van der Waals surface area (Å²) in [5.74, 6) is -0.774. The molecule has 6 heteroatoms. The normalized spacial score (nSPS) is 12.3. The first-order valence-corrected chi connectivity index (χ1v) is 7.67. The number of rotatable bonds is 3. The molecule has 0 spiro atoms. The Hall–Kier alpha value is -3.15. The highest BCUT2D eigenvalue weighted by atomic mass is 16.5. The summed E-state index contributed by atoms with van der Waals surface area (Å²) < 4.78 is 8.18. The van der Waals surface area contributed by atoms with Gasteiger partial charge in [0.05, 0.1) is 23.5 Å². The number of esters is 1. The molecule has 0 N–H and O–H groups in total. The number of para-hydroxylation sites is 1. The van der Waals surface area contributed by atoms with Crippen molar-refractivity contribution in [3.8, 4) is 11.4 Å². The molecule has 120 valence electrons. The number of hydrogen-bond donors (Lipinski definition) is 0. The van der Waals surface area contributed by atoms with E-state index in [1.54, 1.807) is 54.1 Å². The summed E-state index contributed by atoms with van der Waals surface area (Å²) >= 11 is 0. The lowest BCUT2D eigenvalue weighted by molar-refractivity contribution is -0.143. The van der Waals surface area contributed by atoms with Crippen molar-refractivity contribution in [3.63, 3.8) is 0 Å². The van der Waals surface area contributed by atoms with E-state index in [4.69, 9.17) is 4.74 Å². The molecule has 1 aliphatic heterocycles. The van der Waals surface area contributed by atoms with Crippen molar-refractivity contribution in [3.05, 3.63) is 58.4 Å². The van der Waals surface area contributed by atoms with Crippen molar-refractivity contribution in [2.24, 2.45) is 0 Å². The first kappa shape index (κ1) is 14.4. The van der Waals surface area contributed by atoms with Crippen LogP contribution in [0.4, 0.5) is 0 Å². The Kier molecular flexibility index (Phi) is 3.13. The number of nitrogens with zero attached hydrogens (tertiary/aromatic N) is 2. The second-order valence-corrected chi connectivity index (χ2v) is 5.53. The fourth-order valence-corrected chi connectivity index (χ4v) is 3.23. The van der Waals surface area contributed by atoms with Crippen LogP contribution >= 0.6 is 0 Å². The standard InChI is InChI=1S/C18H14N2O4/c1-2-24-14(21)10-20-12-7-4-3-6-11(12)17(22)15-16(20)13-8-5-9-19(13)18(15)23/h3-9H,2,10H2,1H3. The third-order valence-electron chi connectivity index (χ3n) is 4.19. The summed E-state index contributed by atoms with van der Waals surface area (Å²) in [7, 11) is 0. The molecule has 0 fully saturated rings. The zero-order valence-electron chi connectivity index (χ0n) is 13.0. The Morgan fingerprint density at radius 1 is 1.12 bits per heavy atom. The first-order chi connectivity index (χ1) is 11.6. The van der Waals surface area contributed by atoms with E-state index in [9.17, 15) is 14.4 Å². The van der Waals surface area contributed by atoms with Crippen LogP contribution in [0.3, 0.4) is 0 Å². The van der Waals surface area contributed by atoms with Crippen LogP contribution in [0.25, 0.3) is 22.3 Å².